The Kier molecular flexibility index (Phi) is 3.58. The number of carbonyl (C=O) groups is 1. The van der Waals surface area contributed by atoms with Crippen molar-refractivity contribution in [3.05, 3.63) is 53.1 Å². The predicted octanol–water partition coefficient (Wildman–Crippen LogP) is 2.41. The Hall–Kier alpha value is -3.00. The number of nitrogens with zero attached hydrogens (tertiary/aromatic N) is 1. The summed E-state index contributed by atoms with van der Waals surface area (Å²) >= 11 is 0. The van der Waals surface area contributed by atoms with Crippen LogP contribution in [0.2, 0.25) is 0 Å². The third-order valence-corrected chi connectivity index (χ3v) is 2.83. The summed E-state index contributed by atoms with van der Waals surface area (Å²) in [6.07, 6.45) is 0. The SMILES string of the molecule is Cc1ccc(O)c(C(=O)Nc2ccc(C#N)cc2N)c1. The summed E-state index contributed by atoms with van der Waals surface area (Å²) in [7, 11) is 0. The molecule has 5 nitrogen and oxygen atoms in total. The smallest absolute Gasteiger partial charge is 0.259 e. The minimum atomic E-state index is -0.456. The van der Waals surface area contributed by atoms with Crippen LogP contribution in [0.5, 0.6) is 5.75 Å². The van der Waals surface area contributed by atoms with Crippen LogP contribution in [0.15, 0.2) is 36.4 Å². The first-order valence-electron chi connectivity index (χ1n) is 5.92. The van der Waals surface area contributed by atoms with E-state index in [1.807, 2.05) is 13.0 Å². The summed E-state index contributed by atoms with van der Waals surface area (Å²) in [6.45, 7) is 1.83. The lowest BCUT2D eigenvalue weighted by Gasteiger charge is -2.10. The van der Waals surface area contributed by atoms with Gasteiger partial charge in [0.15, 0.2) is 0 Å². The second-order valence-electron chi connectivity index (χ2n) is 4.39. The summed E-state index contributed by atoms with van der Waals surface area (Å²) in [5.41, 5.74) is 7.91. The normalized spacial score (nSPS) is 9.80. The van der Waals surface area contributed by atoms with Crippen LogP contribution >= 0.6 is 0 Å². The Morgan fingerprint density at radius 1 is 1.30 bits per heavy atom. The highest BCUT2D eigenvalue weighted by Crippen LogP contribution is 2.23. The molecule has 0 saturated carbocycles. The number of nitrogens with two attached hydrogens (primary N) is 1. The average Bonchev–Trinajstić information content (AvgIpc) is 2.43. The number of amides is 1. The molecule has 0 radical (unpaired) electrons. The van der Waals surface area contributed by atoms with Crippen LogP contribution in [0.4, 0.5) is 11.4 Å². The molecule has 0 aliphatic carbocycles. The molecule has 2 rings (SSSR count). The lowest BCUT2D eigenvalue weighted by atomic mass is 10.1. The highest BCUT2D eigenvalue weighted by Gasteiger charge is 2.13. The minimum absolute atomic E-state index is 0.0969. The molecule has 2 aromatic rings. The van der Waals surface area contributed by atoms with Crippen LogP contribution in [0.3, 0.4) is 0 Å². The summed E-state index contributed by atoms with van der Waals surface area (Å²) in [6, 6.07) is 11.3. The molecule has 0 atom stereocenters. The first-order chi connectivity index (χ1) is 9.51. The summed E-state index contributed by atoms with van der Waals surface area (Å²) in [4.78, 5) is 12.1. The molecule has 2 aromatic carbocycles. The van der Waals surface area contributed by atoms with Gasteiger partial charge in [-0.1, -0.05) is 11.6 Å². The van der Waals surface area contributed by atoms with Crippen molar-refractivity contribution >= 4 is 17.3 Å². The maximum absolute atomic E-state index is 12.1. The molecule has 0 aliphatic heterocycles. The fraction of sp³-hybridized carbons (Fsp3) is 0.0667. The van der Waals surface area contributed by atoms with Gasteiger partial charge in [0.25, 0.3) is 5.91 Å². The molecule has 5 heteroatoms. The summed E-state index contributed by atoms with van der Waals surface area (Å²) < 4.78 is 0. The third kappa shape index (κ3) is 2.70. The van der Waals surface area contributed by atoms with Gasteiger partial charge < -0.3 is 16.2 Å². The van der Waals surface area contributed by atoms with Gasteiger partial charge in [-0.15, -0.1) is 0 Å². The van der Waals surface area contributed by atoms with E-state index in [2.05, 4.69) is 5.32 Å². The number of nitrogens with one attached hydrogen (secondary N) is 1. The zero-order chi connectivity index (χ0) is 14.7. The second kappa shape index (κ2) is 5.33. The molecule has 0 saturated heterocycles. The molecule has 0 fully saturated rings. The van der Waals surface area contributed by atoms with Gasteiger partial charge in [0.1, 0.15) is 5.75 Å². The number of phenols is 1. The Labute approximate surface area is 116 Å². The second-order valence-corrected chi connectivity index (χ2v) is 4.39. The van der Waals surface area contributed by atoms with Crippen molar-refractivity contribution in [3.8, 4) is 11.8 Å². The topological polar surface area (TPSA) is 99.1 Å². The van der Waals surface area contributed by atoms with Gasteiger partial charge in [0, 0.05) is 0 Å². The summed E-state index contributed by atoms with van der Waals surface area (Å²) in [5, 5.41) is 21.1. The Bertz CT molecular complexity index is 718. The van der Waals surface area contributed by atoms with Gasteiger partial charge >= 0.3 is 0 Å². The van der Waals surface area contributed by atoms with E-state index in [1.165, 1.54) is 12.1 Å². The van der Waals surface area contributed by atoms with E-state index in [0.29, 0.717) is 16.9 Å². The number of hydrogen-bond acceptors (Lipinski definition) is 4. The lowest BCUT2D eigenvalue weighted by molar-refractivity contribution is 0.102. The number of benzene rings is 2. The van der Waals surface area contributed by atoms with Crippen LogP contribution < -0.4 is 11.1 Å². The number of rotatable bonds is 2. The number of carbonyl (C=O) groups excluding carboxylic acids is 1. The number of anilines is 2. The number of nitrogen functional groups attached to an aromatic ring is 1. The van der Waals surface area contributed by atoms with Gasteiger partial charge in [0.05, 0.1) is 28.6 Å². The van der Waals surface area contributed by atoms with E-state index < -0.39 is 5.91 Å². The largest absolute Gasteiger partial charge is 0.507 e. The molecule has 0 spiro atoms. The third-order valence-electron chi connectivity index (χ3n) is 2.83. The van der Waals surface area contributed by atoms with Crippen molar-refractivity contribution in [2.24, 2.45) is 0 Å². The van der Waals surface area contributed by atoms with Crippen molar-refractivity contribution in [2.45, 2.75) is 6.92 Å². The van der Waals surface area contributed by atoms with E-state index in [4.69, 9.17) is 11.0 Å². The molecule has 0 aromatic heterocycles. The Morgan fingerprint density at radius 3 is 2.70 bits per heavy atom. The number of hydrogen-bond donors (Lipinski definition) is 3. The molecule has 0 bridgehead atoms. The highest BCUT2D eigenvalue weighted by molar-refractivity contribution is 6.07. The maximum Gasteiger partial charge on any atom is 0.259 e. The van der Waals surface area contributed by atoms with Crippen LogP contribution in [-0.4, -0.2) is 11.0 Å². The summed E-state index contributed by atoms with van der Waals surface area (Å²) in [5.74, 6) is -0.553. The van der Waals surface area contributed by atoms with Crippen molar-refractivity contribution < 1.29 is 9.90 Å². The van der Waals surface area contributed by atoms with E-state index >= 15 is 0 Å². The molecule has 1 amide bonds. The van der Waals surface area contributed by atoms with Crippen molar-refractivity contribution in [3.63, 3.8) is 0 Å². The van der Waals surface area contributed by atoms with Crippen LogP contribution in [0.25, 0.3) is 0 Å². The van der Waals surface area contributed by atoms with Gasteiger partial charge in [-0.05, 0) is 37.3 Å². The molecule has 20 heavy (non-hydrogen) atoms. The lowest BCUT2D eigenvalue weighted by Crippen LogP contribution is -2.13. The quantitative estimate of drug-likeness (QED) is 0.727. The zero-order valence-corrected chi connectivity index (χ0v) is 10.8. The Morgan fingerprint density at radius 2 is 2.05 bits per heavy atom. The Balaban J connectivity index is 2.28. The number of phenolic OH excluding ortho intramolecular Hbond substituents is 1. The van der Waals surface area contributed by atoms with Crippen molar-refractivity contribution in [1.82, 2.24) is 0 Å². The van der Waals surface area contributed by atoms with Crippen molar-refractivity contribution in [2.75, 3.05) is 11.1 Å². The van der Waals surface area contributed by atoms with E-state index in [9.17, 15) is 9.90 Å². The van der Waals surface area contributed by atoms with Gasteiger partial charge in [-0.3, -0.25) is 4.79 Å². The van der Waals surface area contributed by atoms with Gasteiger partial charge in [-0.25, -0.2) is 0 Å². The zero-order valence-electron chi connectivity index (χ0n) is 10.8. The molecule has 0 unspecified atom stereocenters. The van der Waals surface area contributed by atoms with Gasteiger partial charge in [0.2, 0.25) is 0 Å². The number of aryl methyl sites for hydroxylation is 1. The average molecular weight is 267 g/mol. The first kappa shape index (κ1) is 13.4. The monoisotopic (exact) mass is 267 g/mol. The van der Waals surface area contributed by atoms with Crippen LogP contribution in [0.1, 0.15) is 21.5 Å². The molecule has 4 N–H and O–H groups in total. The fourth-order valence-corrected chi connectivity index (χ4v) is 1.77. The van der Waals surface area contributed by atoms with E-state index in [-0.39, 0.29) is 11.3 Å². The number of aromatic hydroxyl groups is 1. The van der Waals surface area contributed by atoms with E-state index in [1.54, 1.807) is 24.3 Å². The van der Waals surface area contributed by atoms with Crippen LogP contribution in [0, 0.1) is 18.3 Å². The maximum atomic E-state index is 12.1. The molecular formula is C15H13N3O2. The van der Waals surface area contributed by atoms with E-state index in [0.717, 1.165) is 5.56 Å². The van der Waals surface area contributed by atoms with Gasteiger partial charge in [-0.2, -0.15) is 5.26 Å². The molecule has 0 aliphatic rings. The fourth-order valence-electron chi connectivity index (χ4n) is 1.77. The minimum Gasteiger partial charge on any atom is -0.507 e. The molecule has 100 valence electrons. The highest BCUT2D eigenvalue weighted by atomic mass is 16.3. The predicted molar refractivity (Wildman–Crippen MR) is 76.4 cm³/mol. The molecular weight excluding hydrogens is 254 g/mol. The molecule has 0 heterocycles. The first-order valence-corrected chi connectivity index (χ1v) is 5.92. The number of nitriles is 1. The van der Waals surface area contributed by atoms with Crippen molar-refractivity contribution in [1.29, 1.82) is 5.26 Å². The van der Waals surface area contributed by atoms with Crippen LogP contribution in [-0.2, 0) is 0 Å². The standard InChI is InChI=1S/C15H13N3O2/c1-9-2-5-14(19)11(6-9)15(20)18-13-4-3-10(8-16)7-12(13)17/h2-7,19H,17H2,1H3,(H,18,20).